The quantitative estimate of drug-likeness (QED) is 0.536. The lowest BCUT2D eigenvalue weighted by Gasteiger charge is -2.37. The molecule has 192 valence electrons. The summed E-state index contributed by atoms with van der Waals surface area (Å²) in [6, 6.07) is 9.23. The van der Waals surface area contributed by atoms with Crippen LogP contribution in [0.3, 0.4) is 0 Å². The van der Waals surface area contributed by atoms with Crippen LogP contribution in [-0.4, -0.2) is 63.9 Å². The zero-order chi connectivity index (χ0) is 25.2. The van der Waals surface area contributed by atoms with Crippen LogP contribution < -0.4 is 5.73 Å². The summed E-state index contributed by atoms with van der Waals surface area (Å²) in [5, 5.41) is 0. The van der Waals surface area contributed by atoms with Crippen molar-refractivity contribution in [1.29, 1.82) is 0 Å². The molecule has 1 aromatic carbocycles. The van der Waals surface area contributed by atoms with Gasteiger partial charge in [0.2, 0.25) is 0 Å². The molecule has 3 aromatic rings. The Morgan fingerprint density at radius 1 is 1.00 bits per heavy atom. The Balaban J connectivity index is 1.15. The van der Waals surface area contributed by atoms with E-state index in [0.717, 1.165) is 81.8 Å². The van der Waals surface area contributed by atoms with Crippen LogP contribution in [0.15, 0.2) is 41.0 Å². The number of hydrogen-bond acceptors (Lipinski definition) is 5. The lowest BCUT2D eigenvalue weighted by Crippen LogP contribution is -2.43. The highest BCUT2D eigenvalue weighted by Gasteiger charge is 2.28. The molecule has 2 aliphatic rings. The fourth-order valence-corrected chi connectivity index (χ4v) is 5.85. The van der Waals surface area contributed by atoms with Gasteiger partial charge in [-0.1, -0.05) is 19.9 Å². The molecule has 2 amide bonds. The molecule has 2 N–H and O–H groups in total. The molecule has 2 fully saturated rings. The number of benzene rings is 1. The maximum absolute atomic E-state index is 12.5. The highest BCUT2D eigenvalue weighted by Crippen LogP contribution is 2.29. The number of fused-ring (bicyclic) bond motifs is 1. The highest BCUT2D eigenvalue weighted by molar-refractivity contribution is 6.04. The summed E-state index contributed by atoms with van der Waals surface area (Å²) >= 11 is 0. The zero-order valence-electron chi connectivity index (χ0n) is 21.4. The van der Waals surface area contributed by atoms with E-state index in [1.54, 1.807) is 24.5 Å². The van der Waals surface area contributed by atoms with Crippen LogP contribution in [-0.2, 0) is 6.54 Å². The molecule has 8 heteroatoms. The fourth-order valence-electron chi connectivity index (χ4n) is 5.85. The fraction of sp³-hybridized carbons (Fsp3) is 0.536. The summed E-state index contributed by atoms with van der Waals surface area (Å²) in [5.41, 5.74) is 7.85. The highest BCUT2D eigenvalue weighted by atomic mass is 16.3. The predicted octanol–water partition coefficient (Wildman–Crippen LogP) is 4.12. The molecule has 36 heavy (non-hydrogen) atoms. The van der Waals surface area contributed by atoms with Gasteiger partial charge in [-0.2, -0.15) is 0 Å². The van der Waals surface area contributed by atoms with Crippen LogP contribution in [0.25, 0.3) is 11.0 Å². The monoisotopic (exact) mass is 491 g/mol. The largest absolute Gasteiger partial charge is 0.459 e. The van der Waals surface area contributed by atoms with E-state index < -0.39 is 5.91 Å². The molecule has 5 rings (SSSR count). The van der Waals surface area contributed by atoms with E-state index in [2.05, 4.69) is 29.4 Å². The summed E-state index contributed by atoms with van der Waals surface area (Å²) in [4.78, 5) is 33.8. The van der Waals surface area contributed by atoms with Gasteiger partial charge in [0.05, 0.1) is 17.3 Å². The molecule has 0 atom stereocenters. The van der Waals surface area contributed by atoms with Gasteiger partial charge >= 0.3 is 0 Å². The summed E-state index contributed by atoms with van der Waals surface area (Å²) < 4.78 is 7.60. The predicted molar refractivity (Wildman–Crippen MR) is 139 cm³/mol. The summed E-state index contributed by atoms with van der Waals surface area (Å²) in [7, 11) is 0. The topological polar surface area (TPSA) is 97.6 Å². The van der Waals surface area contributed by atoms with Crippen LogP contribution in [0, 0.1) is 11.8 Å². The molecule has 0 bridgehead atoms. The first-order chi connectivity index (χ1) is 17.4. The number of para-hydroxylation sites is 1. The number of amides is 2. The average molecular weight is 492 g/mol. The molecule has 0 unspecified atom stereocenters. The van der Waals surface area contributed by atoms with Gasteiger partial charge in [0.25, 0.3) is 11.8 Å². The van der Waals surface area contributed by atoms with Gasteiger partial charge in [0.1, 0.15) is 11.3 Å². The molecule has 4 heterocycles. The first kappa shape index (κ1) is 24.6. The summed E-state index contributed by atoms with van der Waals surface area (Å²) in [6.07, 6.45) is 5.96. The van der Waals surface area contributed by atoms with Crippen molar-refractivity contribution < 1.29 is 14.0 Å². The lowest BCUT2D eigenvalue weighted by molar-refractivity contribution is 0.0619. The number of nitrogens with two attached hydrogens (primary N) is 1. The van der Waals surface area contributed by atoms with Crippen molar-refractivity contribution in [2.45, 2.75) is 52.0 Å². The van der Waals surface area contributed by atoms with Crippen molar-refractivity contribution >= 4 is 22.8 Å². The number of imidazole rings is 1. The van der Waals surface area contributed by atoms with Crippen molar-refractivity contribution in [1.82, 2.24) is 19.4 Å². The van der Waals surface area contributed by atoms with E-state index in [4.69, 9.17) is 15.1 Å². The van der Waals surface area contributed by atoms with E-state index in [1.807, 2.05) is 11.0 Å². The third kappa shape index (κ3) is 5.05. The number of likely N-dealkylation sites (tertiary alicyclic amines) is 2. The number of carbonyl (C=O) groups is 2. The van der Waals surface area contributed by atoms with Gasteiger partial charge in [0.15, 0.2) is 5.76 Å². The van der Waals surface area contributed by atoms with Crippen molar-refractivity contribution in [2.24, 2.45) is 17.6 Å². The lowest BCUT2D eigenvalue weighted by atomic mass is 9.92. The van der Waals surface area contributed by atoms with Crippen molar-refractivity contribution in [2.75, 3.05) is 32.7 Å². The minimum absolute atomic E-state index is 0.00927. The zero-order valence-corrected chi connectivity index (χ0v) is 21.4. The maximum Gasteiger partial charge on any atom is 0.289 e. The molecule has 0 radical (unpaired) electrons. The SMILES string of the molecule is CC(C)c1nc2c(C(N)=O)cccc2n1CC1CCN(CC2CCN(C(=O)c3ccco3)CC2)CC1. The Kier molecular flexibility index (Phi) is 7.14. The van der Waals surface area contributed by atoms with Gasteiger partial charge in [0, 0.05) is 32.1 Å². The molecule has 2 saturated heterocycles. The second-order valence-corrected chi connectivity index (χ2v) is 10.7. The molecular weight excluding hydrogens is 454 g/mol. The average Bonchev–Trinajstić information content (AvgIpc) is 3.54. The Morgan fingerprint density at radius 2 is 1.69 bits per heavy atom. The molecule has 8 nitrogen and oxygen atoms in total. The van der Waals surface area contributed by atoms with Crippen LogP contribution >= 0.6 is 0 Å². The van der Waals surface area contributed by atoms with Gasteiger partial charge in [-0.25, -0.2) is 4.98 Å². The van der Waals surface area contributed by atoms with E-state index in [-0.39, 0.29) is 11.8 Å². The minimum atomic E-state index is -0.426. The number of carbonyl (C=O) groups excluding carboxylic acids is 2. The van der Waals surface area contributed by atoms with Crippen molar-refractivity contribution in [3.8, 4) is 0 Å². The first-order valence-corrected chi connectivity index (χ1v) is 13.2. The molecule has 0 spiro atoms. The number of nitrogens with zero attached hydrogens (tertiary/aromatic N) is 4. The van der Waals surface area contributed by atoms with Gasteiger partial charge < -0.3 is 24.5 Å². The number of furan rings is 1. The van der Waals surface area contributed by atoms with Crippen LogP contribution in [0.5, 0.6) is 0 Å². The molecule has 2 aliphatic heterocycles. The number of aromatic nitrogens is 2. The van der Waals surface area contributed by atoms with Crippen LogP contribution in [0.1, 0.15) is 72.2 Å². The number of piperidine rings is 2. The van der Waals surface area contributed by atoms with Crippen LogP contribution in [0.2, 0.25) is 0 Å². The number of hydrogen-bond donors (Lipinski definition) is 1. The second kappa shape index (κ2) is 10.5. The van der Waals surface area contributed by atoms with Crippen molar-refractivity contribution in [3.63, 3.8) is 0 Å². The number of rotatable bonds is 7. The first-order valence-electron chi connectivity index (χ1n) is 13.2. The Labute approximate surface area is 212 Å². The Morgan fingerprint density at radius 3 is 2.33 bits per heavy atom. The normalized spacial score (nSPS) is 18.4. The Hall–Kier alpha value is -3.13. The summed E-state index contributed by atoms with van der Waals surface area (Å²) in [5.74, 6) is 2.54. The van der Waals surface area contributed by atoms with E-state index in [0.29, 0.717) is 23.2 Å². The van der Waals surface area contributed by atoms with Gasteiger partial charge in [-0.15, -0.1) is 0 Å². The second-order valence-electron chi connectivity index (χ2n) is 10.7. The van der Waals surface area contributed by atoms with Crippen LogP contribution in [0.4, 0.5) is 0 Å². The molecule has 0 saturated carbocycles. The van der Waals surface area contributed by atoms with Crippen molar-refractivity contribution in [3.05, 3.63) is 53.7 Å². The molecule has 2 aromatic heterocycles. The minimum Gasteiger partial charge on any atom is -0.459 e. The third-order valence-corrected chi connectivity index (χ3v) is 7.89. The van der Waals surface area contributed by atoms with Gasteiger partial charge in [-0.3, -0.25) is 9.59 Å². The number of primary amides is 1. The van der Waals surface area contributed by atoms with E-state index >= 15 is 0 Å². The third-order valence-electron chi connectivity index (χ3n) is 7.89. The van der Waals surface area contributed by atoms with E-state index in [1.165, 1.54) is 0 Å². The van der Waals surface area contributed by atoms with E-state index in [9.17, 15) is 9.59 Å². The smallest absolute Gasteiger partial charge is 0.289 e. The summed E-state index contributed by atoms with van der Waals surface area (Å²) in [6.45, 7) is 10.2. The maximum atomic E-state index is 12.5. The Bertz CT molecular complexity index is 1200. The molecule has 0 aliphatic carbocycles. The standard InChI is InChI=1S/C28H37N5O3/c1-19(2)27-30-25-22(26(29)34)5-3-6-23(25)33(27)18-21-8-12-31(13-9-21)17-20-10-14-32(15-11-20)28(35)24-7-4-16-36-24/h3-7,16,19-21H,8-15,17-18H2,1-2H3,(H2,29,34). The molecular formula is C28H37N5O3. The van der Waals surface area contributed by atoms with Gasteiger partial charge in [-0.05, 0) is 74.9 Å².